The number of aliphatic hydroxyl groups excluding tert-OH is 1. The van der Waals surface area contributed by atoms with Crippen molar-refractivity contribution in [1.29, 1.82) is 0 Å². The van der Waals surface area contributed by atoms with Gasteiger partial charge in [-0.25, -0.2) is 9.55 Å². The molecule has 0 aliphatic carbocycles. The Kier molecular flexibility index (Phi) is 4.62. The predicted molar refractivity (Wildman–Crippen MR) is 78.9 cm³/mol. The largest absolute Gasteiger partial charge is 0.472 e. The Morgan fingerprint density at radius 2 is 2.25 bits per heavy atom. The molecule has 14 heteroatoms. The van der Waals surface area contributed by atoms with Gasteiger partial charge >= 0.3 is 7.82 Å². The number of ether oxygens (including phenoxy) is 1. The Balaban J connectivity index is 0.00000169. The molecule has 125 valence electrons. The van der Waals surface area contributed by atoms with Crippen LogP contribution in [0.15, 0.2) is 11.1 Å². The maximum Gasteiger partial charge on any atom is 0.472 e. The van der Waals surface area contributed by atoms with E-state index in [1.54, 1.807) is 0 Å². The molecule has 2 fully saturated rings. The van der Waals surface area contributed by atoms with E-state index in [2.05, 4.69) is 19.5 Å². The average molecular weight is 368 g/mol. The van der Waals surface area contributed by atoms with Crippen LogP contribution in [0.3, 0.4) is 0 Å². The normalized spacial score (nSPS) is 35.6. The Labute approximate surface area is 155 Å². The fourth-order valence-electron chi connectivity index (χ4n) is 2.69. The number of nitrogens with zero attached hydrogens (tertiary/aromatic N) is 3. The first kappa shape index (κ1) is 18.0. The molecule has 5 unspecified atom stereocenters. The molecule has 24 heavy (non-hydrogen) atoms. The van der Waals surface area contributed by atoms with Crippen molar-refractivity contribution in [2.75, 3.05) is 12.3 Å². The van der Waals surface area contributed by atoms with Gasteiger partial charge in [-0.05, 0) is 0 Å². The molecule has 2 saturated heterocycles. The number of imidazole rings is 1. The summed E-state index contributed by atoms with van der Waals surface area (Å²) in [5.41, 5.74) is 5.12. The van der Waals surface area contributed by atoms with Crippen molar-refractivity contribution in [3.63, 3.8) is 0 Å². The molecule has 0 bridgehead atoms. The molecule has 2 aliphatic heterocycles. The number of aromatic amines is 1. The van der Waals surface area contributed by atoms with Gasteiger partial charge in [-0.15, -0.1) is 0 Å². The molecule has 2 aromatic rings. The number of fused-ring (bicyclic) bond motifs is 2. The summed E-state index contributed by atoms with van der Waals surface area (Å²) >= 11 is 0. The Hall–Kier alpha value is -0.820. The van der Waals surface area contributed by atoms with Crippen molar-refractivity contribution in [2.24, 2.45) is 0 Å². The maximum absolute atomic E-state index is 11.8. The van der Waals surface area contributed by atoms with E-state index in [4.69, 9.17) is 15.0 Å². The summed E-state index contributed by atoms with van der Waals surface area (Å²) in [6, 6.07) is 0. The summed E-state index contributed by atoms with van der Waals surface area (Å²) in [6.45, 7) is -0.214. The summed E-state index contributed by atoms with van der Waals surface area (Å²) in [7, 11) is -4.22. The zero-order chi connectivity index (χ0) is 16.4. The first-order valence-electron chi connectivity index (χ1n) is 6.57. The summed E-state index contributed by atoms with van der Waals surface area (Å²) in [5, 5.41) is 10.4. The van der Waals surface area contributed by atoms with Crippen molar-refractivity contribution in [3.05, 3.63) is 16.7 Å². The third-order valence-electron chi connectivity index (χ3n) is 3.69. The number of aliphatic hydroxyl groups is 1. The number of hydrogen-bond donors (Lipinski definition) is 4. The van der Waals surface area contributed by atoms with Crippen molar-refractivity contribution in [3.8, 4) is 0 Å². The van der Waals surface area contributed by atoms with Crippen molar-refractivity contribution in [1.82, 2.24) is 19.5 Å². The molecular formula is C10H12N5NaO7P. The van der Waals surface area contributed by atoms with Crippen molar-refractivity contribution in [2.45, 2.75) is 24.5 Å². The molecule has 0 saturated carbocycles. The van der Waals surface area contributed by atoms with Gasteiger partial charge in [0.2, 0.25) is 5.95 Å². The van der Waals surface area contributed by atoms with Crippen molar-refractivity contribution >= 4 is 54.5 Å². The predicted octanol–water partition coefficient (Wildman–Crippen LogP) is -1.90. The third-order valence-corrected chi connectivity index (χ3v) is 4.68. The monoisotopic (exact) mass is 368 g/mol. The SMILES string of the molecule is Nc1nc2c(ncn2C2OC3COP(=O)(O)OC3C2O)c(=O)[nH]1.[Na]. The summed E-state index contributed by atoms with van der Waals surface area (Å²) in [6.07, 6.45) is -2.85. The van der Waals surface area contributed by atoms with Crippen molar-refractivity contribution < 1.29 is 28.3 Å². The quantitative estimate of drug-likeness (QED) is 0.328. The van der Waals surface area contributed by atoms with Gasteiger partial charge in [0.05, 0.1) is 12.9 Å². The van der Waals surface area contributed by atoms with Crippen LogP contribution in [-0.4, -0.2) is 84.0 Å². The van der Waals surface area contributed by atoms with Crippen LogP contribution in [0.4, 0.5) is 5.95 Å². The van der Waals surface area contributed by atoms with Crippen LogP contribution in [-0.2, 0) is 18.3 Å². The first-order valence-corrected chi connectivity index (χ1v) is 8.07. The minimum Gasteiger partial charge on any atom is -0.386 e. The van der Waals surface area contributed by atoms with E-state index in [9.17, 15) is 19.4 Å². The Bertz CT molecular complexity index is 886. The number of phosphoric acid groups is 1. The molecule has 0 spiro atoms. The van der Waals surface area contributed by atoms with Gasteiger partial charge in [-0.1, -0.05) is 0 Å². The van der Waals surface area contributed by atoms with E-state index in [0.29, 0.717) is 0 Å². The molecule has 2 aliphatic rings. The molecule has 0 amide bonds. The summed E-state index contributed by atoms with van der Waals surface area (Å²) < 4.78 is 27.9. The van der Waals surface area contributed by atoms with Gasteiger partial charge in [0.15, 0.2) is 17.4 Å². The number of H-pyrrole nitrogens is 1. The average Bonchev–Trinajstić information content (AvgIpc) is 3.00. The number of nitrogens with two attached hydrogens (primary N) is 1. The molecule has 2 aromatic heterocycles. The Morgan fingerprint density at radius 1 is 1.50 bits per heavy atom. The van der Waals surface area contributed by atoms with Gasteiger partial charge < -0.3 is 20.5 Å². The number of rotatable bonds is 1. The van der Waals surface area contributed by atoms with Gasteiger partial charge in [-0.3, -0.25) is 23.4 Å². The van der Waals surface area contributed by atoms with Crippen LogP contribution in [0.5, 0.6) is 0 Å². The number of aromatic nitrogens is 4. The number of phosphoric ester groups is 1. The second-order valence-electron chi connectivity index (χ2n) is 5.17. The summed E-state index contributed by atoms with van der Waals surface area (Å²) in [5.74, 6) is -0.117. The molecule has 12 nitrogen and oxygen atoms in total. The number of nitrogens with one attached hydrogen (secondary N) is 1. The van der Waals surface area contributed by atoms with Crippen LogP contribution in [0.2, 0.25) is 0 Å². The topological polar surface area (TPSA) is 175 Å². The molecule has 5 N–H and O–H groups in total. The van der Waals surface area contributed by atoms with Crippen LogP contribution < -0.4 is 11.3 Å². The van der Waals surface area contributed by atoms with E-state index >= 15 is 0 Å². The van der Waals surface area contributed by atoms with E-state index < -0.39 is 37.9 Å². The molecule has 1 radical (unpaired) electrons. The van der Waals surface area contributed by atoms with Crippen LogP contribution in [0, 0.1) is 0 Å². The van der Waals surface area contributed by atoms with E-state index in [1.165, 1.54) is 10.9 Å². The molecule has 4 rings (SSSR count). The van der Waals surface area contributed by atoms with Crippen LogP contribution in [0.25, 0.3) is 11.2 Å². The minimum absolute atomic E-state index is 0. The fourth-order valence-corrected chi connectivity index (χ4v) is 3.66. The third kappa shape index (κ3) is 2.83. The second-order valence-corrected chi connectivity index (χ2v) is 6.57. The van der Waals surface area contributed by atoms with Crippen LogP contribution in [0.1, 0.15) is 6.23 Å². The maximum atomic E-state index is 11.8. The molecular weight excluding hydrogens is 356 g/mol. The molecule has 4 heterocycles. The zero-order valence-electron chi connectivity index (χ0n) is 12.4. The van der Waals surface area contributed by atoms with E-state index in [0.717, 1.165) is 0 Å². The van der Waals surface area contributed by atoms with Gasteiger partial charge in [0, 0.05) is 29.6 Å². The zero-order valence-corrected chi connectivity index (χ0v) is 15.3. The Morgan fingerprint density at radius 3 is 3.00 bits per heavy atom. The van der Waals surface area contributed by atoms with Gasteiger partial charge in [0.1, 0.15) is 18.3 Å². The van der Waals surface area contributed by atoms with E-state index in [1.807, 2.05) is 0 Å². The first-order chi connectivity index (χ1) is 10.9. The number of nitrogen functional groups attached to an aromatic ring is 1. The number of anilines is 1. The van der Waals surface area contributed by atoms with Crippen LogP contribution >= 0.6 is 7.82 Å². The standard InChI is InChI=1S/C10H12N5O7P.Na/c11-10-13-7-4(8(17)14-10)12-2-15(7)9-5(16)6-3(21-9)1-20-23(18,19)22-6;/h2-3,5-6,9,16H,1H2,(H,18,19)(H3,11,13,14,17);. The summed E-state index contributed by atoms with van der Waals surface area (Å²) in [4.78, 5) is 31.3. The molecule has 5 atom stereocenters. The number of hydrogen-bond acceptors (Lipinski definition) is 9. The van der Waals surface area contributed by atoms with E-state index in [-0.39, 0.29) is 53.3 Å². The molecule has 0 aromatic carbocycles. The fraction of sp³-hybridized carbons (Fsp3) is 0.500. The van der Waals surface area contributed by atoms with Gasteiger partial charge in [0.25, 0.3) is 5.56 Å². The minimum atomic E-state index is -4.22. The second kappa shape index (κ2) is 6.16. The smallest absolute Gasteiger partial charge is 0.386 e. The van der Waals surface area contributed by atoms with Gasteiger partial charge in [-0.2, -0.15) is 4.98 Å².